The molecule has 0 spiro atoms. The summed E-state index contributed by atoms with van der Waals surface area (Å²) in [7, 11) is 0. The predicted octanol–water partition coefficient (Wildman–Crippen LogP) is 1.80. The van der Waals surface area contributed by atoms with Crippen LogP contribution in [0.25, 0.3) is 0 Å². The first-order valence-electron chi connectivity index (χ1n) is 5.22. The van der Waals surface area contributed by atoms with Crippen LogP contribution in [0.1, 0.15) is 16.1 Å². The molecule has 0 radical (unpaired) electrons. The van der Waals surface area contributed by atoms with Gasteiger partial charge in [-0.05, 0) is 36.4 Å². The van der Waals surface area contributed by atoms with Crippen molar-refractivity contribution in [3.63, 3.8) is 0 Å². The number of nitrogens with one attached hydrogen (secondary N) is 1. The van der Waals surface area contributed by atoms with Gasteiger partial charge in [0.2, 0.25) is 5.91 Å². The first-order valence-corrected chi connectivity index (χ1v) is 5.22. The molecule has 1 aromatic carbocycles. The van der Waals surface area contributed by atoms with Crippen molar-refractivity contribution in [1.29, 1.82) is 5.26 Å². The Labute approximate surface area is 104 Å². The summed E-state index contributed by atoms with van der Waals surface area (Å²) in [4.78, 5) is 14.8. The third-order valence-corrected chi connectivity index (χ3v) is 2.34. The molecule has 18 heavy (non-hydrogen) atoms. The molecule has 0 bridgehead atoms. The molecule has 1 heterocycles. The van der Waals surface area contributed by atoms with Crippen LogP contribution < -0.4 is 11.1 Å². The zero-order valence-electron chi connectivity index (χ0n) is 9.42. The second-order valence-electron chi connectivity index (χ2n) is 3.61. The lowest BCUT2D eigenvalue weighted by atomic mass is 10.2. The quantitative estimate of drug-likeness (QED) is 0.852. The average molecular weight is 238 g/mol. The Morgan fingerprint density at radius 1 is 1.17 bits per heavy atom. The number of hydrogen-bond acceptors (Lipinski definition) is 4. The van der Waals surface area contributed by atoms with E-state index in [1.54, 1.807) is 42.6 Å². The van der Waals surface area contributed by atoms with E-state index in [-0.39, 0.29) is 0 Å². The summed E-state index contributed by atoms with van der Waals surface area (Å²) in [6.45, 7) is 0. The molecule has 0 atom stereocenters. The summed E-state index contributed by atoms with van der Waals surface area (Å²) in [5, 5.41) is 11.7. The van der Waals surface area contributed by atoms with Gasteiger partial charge in [-0.15, -0.1) is 0 Å². The number of pyridine rings is 1. The fourth-order valence-corrected chi connectivity index (χ4v) is 1.42. The molecule has 0 saturated carbocycles. The van der Waals surface area contributed by atoms with E-state index in [1.807, 2.05) is 6.07 Å². The van der Waals surface area contributed by atoms with Gasteiger partial charge in [0.1, 0.15) is 11.8 Å². The third kappa shape index (κ3) is 2.62. The molecule has 2 rings (SSSR count). The van der Waals surface area contributed by atoms with Gasteiger partial charge in [0.25, 0.3) is 0 Å². The lowest BCUT2D eigenvalue weighted by Crippen LogP contribution is -2.10. The molecule has 0 fully saturated rings. The molecular weight excluding hydrogens is 228 g/mol. The highest BCUT2D eigenvalue weighted by molar-refractivity contribution is 5.93. The first kappa shape index (κ1) is 11.6. The van der Waals surface area contributed by atoms with Crippen LogP contribution in [0.5, 0.6) is 0 Å². The predicted molar refractivity (Wildman–Crippen MR) is 67.2 cm³/mol. The number of amides is 1. The number of nitriles is 1. The maximum absolute atomic E-state index is 10.9. The van der Waals surface area contributed by atoms with E-state index >= 15 is 0 Å². The van der Waals surface area contributed by atoms with Gasteiger partial charge in [-0.2, -0.15) is 5.26 Å². The number of rotatable bonds is 3. The standard InChI is InChI=1S/C13H10N4O/c14-7-11-5-6-12(8-16-11)17-10-3-1-9(2-4-10)13(15)18/h1-6,8,17H,(H2,15,18). The number of carbonyl (C=O) groups is 1. The zero-order chi connectivity index (χ0) is 13.0. The second-order valence-corrected chi connectivity index (χ2v) is 3.61. The maximum atomic E-state index is 10.9. The Balaban J connectivity index is 2.13. The van der Waals surface area contributed by atoms with Gasteiger partial charge in [-0.1, -0.05) is 0 Å². The molecule has 1 aromatic heterocycles. The highest BCUT2D eigenvalue weighted by Crippen LogP contribution is 2.16. The minimum Gasteiger partial charge on any atom is -0.366 e. The van der Waals surface area contributed by atoms with Crippen LogP contribution in [0.4, 0.5) is 11.4 Å². The van der Waals surface area contributed by atoms with Gasteiger partial charge >= 0.3 is 0 Å². The van der Waals surface area contributed by atoms with Crippen molar-refractivity contribution in [3.8, 4) is 6.07 Å². The van der Waals surface area contributed by atoms with Crippen molar-refractivity contribution in [2.75, 3.05) is 5.32 Å². The molecule has 5 nitrogen and oxygen atoms in total. The molecule has 5 heteroatoms. The number of aromatic nitrogens is 1. The van der Waals surface area contributed by atoms with Crippen molar-refractivity contribution >= 4 is 17.3 Å². The number of anilines is 2. The van der Waals surface area contributed by atoms with Crippen LogP contribution in [-0.4, -0.2) is 10.9 Å². The molecule has 3 N–H and O–H groups in total. The van der Waals surface area contributed by atoms with Crippen LogP contribution in [-0.2, 0) is 0 Å². The molecule has 0 aliphatic carbocycles. The van der Waals surface area contributed by atoms with Crippen molar-refractivity contribution in [3.05, 3.63) is 53.9 Å². The number of nitrogens with zero attached hydrogens (tertiary/aromatic N) is 2. The van der Waals surface area contributed by atoms with E-state index in [0.717, 1.165) is 11.4 Å². The van der Waals surface area contributed by atoms with Gasteiger partial charge in [0, 0.05) is 11.3 Å². The summed E-state index contributed by atoms with van der Waals surface area (Å²) >= 11 is 0. The zero-order valence-corrected chi connectivity index (χ0v) is 9.42. The van der Waals surface area contributed by atoms with Crippen molar-refractivity contribution in [2.45, 2.75) is 0 Å². The molecule has 2 aromatic rings. The smallest absolute Gasteiger partial charge is 0.248 e. The monoisotopic (exact) mass is 238 g/mol. The summed E-state index contributed by atoms with van der Waals surface area (Å²) in [5.41, 5.74) is 7.55. The topological polar surface area (TPSA) is 91.8 Å². The van der Waals surface area contributed by atoms with Gasteiger partial charge in [-0.3, -0.25) is 4.79 Å². The van der Waals surface area contributed by atoms with Gasteiger partial charge in [-0.25, -0.2) is 4.98 Å². The van der Waals surface area contributed by atoms with Gasteiger partial charge in [0.15, 0.2) is 0 Å². The number of hydrogen-bond donors (Lipinski definition) is 2. The van der Waals surface area contributed by atoms with Gasteiger partial charge < -0.3 is 11.1 Å². The lowest BCUT2D eigenvalue weighted by molar-refractivity contribution is 0.100. The molecular formula is C13H10N4O. The number of carbonyl (C=O) groups excluding carboxylic acids is 1. The van der Waals surface area contributed by atoms with Crippen molar-refractivity contribution in [2.24, 2.45) is 5.73 Å². The average Bonchev–Trinajstić information content (AvgIpc) is 2.40. The first-order chi connectivity index (χ1) is 8.69. The van der Waals surface area contributed by atoms with Crippen LogP contribution in [0, 0.1) is 11.3 Å². The molecule has 88 valence electrons. The molecule has 0 aliphatic heterocycles. The number of primary amides is 1. The minimum atomic E-state index is -0.457. The fourth-order valence-electron chi connectivity index (χ4n) is 1.42. The lowest BCUT2D eigenvalue weighted by Gasteiger charge is -2.06. The maximum Gasteiger partial charge on any atom is 0.248 e. The molecule has 0 unspecified atom stereocenters. The SMILES string of the molecule is N#Cc1ccc(Nc2ccc(C(N)=O)cc2)cn1. The number of benzene rings is 1. The number of nitrogens with two attached hydrogens (primary N) is 1. The molecule has 0 aliphatic rings. The van der Waals surface area contributed by atoms with E-state index in [2.05, 4.69) is 10.3 Å². The van der Waals surface area contributed by atoms with Crippen LogP contribution >= 0.6 is 0 Å². The van der Waals surface area contributed by atoms with Crippen molar-refractivity contribution < 1.29 is 4.79 Å². The Morgan fingerprint density at radius 3 is 2.33 bits per heavy atom. The summed E-state index contributed by atoms with van der Waals surface area (Å²) in [5.74, 6) is -0.457. The summed E-state index contributed by atoms with van der Waals surface area (Å²) < 4.78 is 0. The van der Waals surface area contributed by atoms with Crippen LogP contribution in [0.2, 0.25) is 0 Å². The van der Waals surface area contributed by atoms with E-state index in [4.69, 9.17) is 11.0 Å². The van der Waals surface area contributed by atoms with Crippen LogP contribution in [0.15, 0.2) is 42.6 Å². The molecule has 1 amide bonds. The Morgan fingerprint density at radius 2 is 1.83 bits per heavy atom. The van der Waals surface area contributed by atoms with Crippen LogP contribution in [0.3, 0.4) is 0 Å². The van der Waals surface area contributed by atoms with Crippen molar-refractivity contribution in [1.82, 2.24) is 4.98 Å². The van der Waals surface area contributed by atoms with E-state index in [9.17, 15) is 4.79 Å². The highest BCUT2D eigenvalue weighted by atomic mass is 16.1. The normalized spacial score (nSPS) is 9.50. The second kappa shape index (κ2) is 4.97. The van der Waals surface area contributed by atoms with Gasteiger partial charge in [0.05, 0.1) is 11.9 Å². The third-order valence-electron chi connectivity index (χ3n) is 2.34. The highest BCUT2D eigenvalue weighted by Gasteiger charge is 2.00. The van der Waals surface area contributed by atoms with E-state index in [0.29, 0.717) is 11.3 Å². The summed E-state index contributed by atoms with van der Waals surface area (Å²) in [6.07, 6.45) is 1.57. The Hall–Kier alpha value is -2.87. The Kier molecular flexibility index (Phi) is 3.21. The van der Waals surface area contributed by atoms with E-state index < -0.39 is 5.91 Å². The Bertz CT molecular complexity index is 596. The molecule has 0 saturated heterocycles. The van der Waals surface area contributed by atoms with E-state index in [1.165, 1.54) is 0 Å². The minimum absolute atomic E-state index is 0.365. The summed E-state index contributed by atoms with van der Waals surface area (Å²) in [6, 6.07) is 12.1. The largest absolute Gasteiger partial charge is 0.366 e. The fraction of sp³-hybridized carbons (Fsp3) is 0.